The summed E-state index contributed by atoms with van der Waals surface area (Å²) in [6, 6.07) is 8.96. The second-order valence-electron chi connectivity index (χ2n) is 8.65. The van der Waals surface area contributed by atoms with E-state index in [0.717, 1.165) is 10.0 Å². The predicted octanol–water partition coefficient (Wildman–Crippen LogP) is 4.60. The van der Waals surface area contributed by atoms with Crippen LogP contribution in [-0.2, 0) is 9.59 Å². The van der Waals surface area contributed by atoms with E-state index >= 15 is 0 Å². The highest BCUT2D eigenvalue weighted by Gasteiger charge is 2.63. The highest BCUT2D eigenvalue weighted by Crippen LogP contribution is 2.55. The number of hydrogen-bond donors (Lipinski definition) is 1. The maximum Gasteiger partial charge on any atom is 0.236 e. The molecule has 9 heteroatoms. The van der Waals surface area contributed by atoms with Gasteiger partial charge in [-0.25, -0.2) is 0 Å². The number of ketones is 2. The Morgan fingerprint density at radius 2 is 1.74 bits per heavy atom. The fourth-order valence-corrected chi connectivity index (χ4v) is 5.70. The molecular weight excluding hydrogens is 526 g/mol. The van der Waals surface area contributed by atoms with Crippen LogP contribution in [-0.4, -0.2) is 37.3 Å². The van der Waals surface area contributed by atoms with Gasteiger partial charge in [-0.2, -0.15) is 0 Å². The van der Waals surface area contributed by atoms with Crippen LogP contribution in [0.1, 0.15) is 41.6 Å². The van der Waals surface area contributed by atoms with Crippen molar-refractivity contribution in [2.24, 2.45) is 5.92 Å². The summed E-state index contributed by atoms with van der Waals surface area (Å²) in [5.74, 6) is -1.62. The van der Waals surface area contributed by atoms with Crippen LogP contribution < -0.4 is 19.5 Å². The highest BCUT2D eigenvalue weighted by atomic mass is 79.9. The summed E-state index contributed by atoms with van der Waals surface area (Å²) < 4.78 is 17.8. The summed E-state index contributed by atoms with van der Waals surface area (Å²) >= 11 is 9.92. The molecule has 2 heterocycles. The lowest BCUT2D eigenvalue weighted by atomic mass is 9.66. The molecule has 1 spiro atoms. The average molecular weight is 547 g/mol. The van der Waals surface area contributed by atoms with Gasteiger partial charge in [0.15, 0.2) is 5.75 Å². The third-order valence-electron chi connectivity index (χ3n) is 6.83. The fraction of sp³-hybridized carbons (Fsp3) is 0.320. The normalized spacial score (nSPS) is 25.6. The summed E-state index contributed by atoms with van der Waals surface area (Å²) in [5, 5.41) is 2.96. The summed E-state index contributed by atoms with van der Waals surface area (Å²) in [6.07, 6.45) is 0.381. The molecule has 5 rings (SSSR count). The van der Waals surface area contributed by atoms with Gasteiger partial charge in [-0.15, -0.1) is 0 Å². The van der Waals surface area contributed by atoms with Gasteiger partial charge in [0.2, 0.25) is 23.1 Å². The fourth-order valence-electron chi connectivity index (χ4n) is 5.17. The van der Waals surface area contributed by atoms with Gasteiger partial charge in [-0.3, -0.25) is 14.4 Å². The van der Waals surface area contributed by atoms with E-state index in [1.807, 2.05) is 24.3 Å². The number of halogens is 2. The first-order chi connectivity index (χ1) is 16.2. The molecule has 0 fully saturated rings. The third kappa shape index (κ3) is 3.11. The van der Waals surface area contributed by atoms with Gasteiger partial charge in [0.1, 0.15) is 22.1 Å². The number of benzene rings is 2. The van der Waals surface area contributed by atoms with E-state index in [9.17, 15) is 14.4 Å². The van der Waals surface area contributed by atoms with Crippen molar-refractivity contribution in [1.29, 1.82) is 0 Å². The lowest BCUT2D eigenvalue weighted by Gasteiger charge is -2.41. The van der Waals surface area contributed by atoms with Gasteiger partial charge in [0.05, 0.1) is 14.2 Å². The van der Waals surface area contributed by atoms with Crippen LogP contribution in [0.3, 0.4) is 0 Å². The molecule has 34 heavy (non-hydrogen) atoms. The maximum atomic E-state index is 14.2. The number of fused-ring (bicyclic) bond motifs is 1. The molecule has 0 aromatic heterocycles. The van der Waals surface area contributed by atoms with E-state index < -0.39 is 29.0 Å². The molecule has 176 valence electrons. The SMILES string of the molecule is COc1cc(OC)c2c(c1Cl)OC1(C(=O)C3=C(CC1C)NC(=O)CC3c1ccc(Br)cc1)C2=O. The summed E-state index contributed by atoms with van der Waals surface area (Å²) in [4.78, 5) is 40.7. The van der Waals surface area contributed by atoms with Crippen molar-refractivity contribution >= 4 is 45.0 Å². The number of amides is 1. The monoisotopic (exact) mass is 545 g/mol. The molecule has 0 radical (unpaired) electrons. The Balaban J connectivity index is 1.67. The topological polar surface area (TPSA) is 90.9 Å². The lowest BCUT2D eigenvalue weighted by molar-refractivity contribution is -0.131. The minimum Gasteiger partial charge on any atom is -0.496 e. The van der Waals surface area contributed by atoms with Gasteiger partial charge in [0.25, 0.3) is 0 Å². The molecular formula is C25H21BrClNO6. The Bertz CT molecular complexity index is 1290. The first-order valence-corrected chi connectivity index (χ1v) is 11.9. The standard InChI is InChI=1S/C25H21BrClNO6/c1-11-8-15-19(14(9-18(29)28-15)12-4-6-13(26)7-5-12)23(30)25(11)24(31)20-16(32-2)10-17(33-3)21(27)22(20)34-25/h4-7,10-11,14H,8-9H2,1-3H3,(H,28,29). The molecule has 3 atom stereocenters. The number of rotatable bonds is 3. The van der Waals surface area contributed by atoms with Crippen molar-refractivity contribution in [1.82, 2.24) is 5.32 Å². The first-order valence-electron chi connectivity index (χ1n) is 10.7. The summed E-state index contributed by atoms with van der Waals surface area (Å²) in [5.41, 5.74) is 0.0556. The Hall–Kier alpha value is -2.84. The number of carbonyl (C=O) groups excluding carboxylic acids is 3. The average Bonchev–Trinajstić information content (AvgIpc) is 3.13. The van der Waals surface area contributed by atoms with Gasteiger partial charge < -0.3 is 19.5 Å². The zero-order valence-corrected chi connectivity index (χ0v) is 21.0. The summed E-state index contributed by atoms with van der Waals surface area (Å²) in [6.45, 7) is 1.76. The van der Waals surface area contributed by atoms with Crippen LogP contribution in [0.2, 0.25) is 5.02 Å². The molecule has 3 unspecified atom stereocenters. The molecule has 0 bridgehead atoms. The number of carbonyl (C=O) groups is 3. The Morgan fingerprint density at radius 3 is 2.38 bits per heavy atom. The van der Waals surface area contributed by atoms with E-state index in [0.29, 0.717) is 11.3 Å². The van der Waals surface area contributed by atoms with Gasteiger partial charge in [-0.05, 0) is 24.1 Å². The van der Waals surface area contributed by atoms with Crippen molar-refractivity contribution < 1.29 is 28.6 Å². The lowest BCUT2D eigenvalue weighted by Crippen LogP contribution is -2.59. The van der Waals surface area contributed by atoms with Crippen LogP contribution in [0.5, 0.6) is 17.2 Å². The van der Waals surface area contributed by atoms with Crippen LogP contribution in [0.4, 0.5) is 0 Å². The number of Topliss-reactive ketones (excluding diaryl/α,β-unsaturated/α-hetero) is 2. The van der Waals surface area contributed by atoms with Gasteiger partial charge in [0, 0.05) is 40.1 Å². The third-order valence-corrected chi connectivity index (χ3v) is 7.72. The van der Waals surface area contributed by atoms with E-state index in [-0.39, 0.29) is 46.6 Å². The smallest absolute Gasteiger partial charge is 0.236 e. The summed E-state index contributed by atoms with van der Waals surface area (Å²) in [7, 11) is 2.87. The van der Waals surface area contributed by atoms with Gasteiger partial charge in [-0.1, -0.05) is 46.6 Å². The van der Waals surface area contributed by atoms with E-state index in [1.54, 1.807) is 6.92 Å². The molecule has 7 nitrogen and oxygen atoms in total. The maximum absolute atomic E-state index is 14.2. The minimum atomic E-state index is -1.81. The Labute approximate surface area is 209 Å². The number of nitrogens with one attached hydrogen (secondary N) is 1. The highest BCUT2D eigenvalue weighted by molar-refractivity contribution is 9.10. The first kappa shape index (κ1) is 22.9. The van der Waals surface area contributed by atoms with Crippen LogP contribution in [0, 0.1) is 5.92 Å². The van der Waals surface area contributed by atoms with Crippen LogP contribution in [0.15, 0.2) is 46.1 Å². The van der Waals surface area contributed by atoms with Crippen molar-refractivity contribution in [3.8, 4) is 17.2 Å². The second-order valence-corrected chi connectivity index (χ2v) is 9.94. The van der Waals surface area contributed by atoms with E-state index in [1.165, 1.54) is 20.3 Å². The molecule has 1 amide bonds. The molecule has 0 saturated heterocycles. The largest absolute Gasteiger partial charge is 0.496 e. The molecule has 2 aromatic carbocycles. The van der Waals surface area contributed by atoms with Crippen molar-refractivity contribution in [3.05, 3.63) is 62.2 Å². The predicted molar refractivity (Wildman–Crippen MR) is 128 cm³/mol. The van der Waals surface area contributed by atoms with Crippen molar-refractivity contribution in [2.45, 2.75) is 31.3 Å². The van der Waals surface area contributed by atoms with Crippen LogP contribution in [0.25, 0.3) is 0 Å². The Morgan fingerprint density at radius 1 is 1.06 bits per heavy atom. The van der Waals surface area contributed by atoms with Crippen molar-refractivity contribution in [3.63, 3.8) is 0 Å². The molecule has 3 aliphatic rings. The number of hydrogen-bond acceptors (Lipinski definition) is 6. The minimum absolute atomic E-state index is 0.0761. The number of allylic oxidation sites excluding steroid dienone is 1. The molecule has 2 aromatic rings. The van der Waals surface area contributed by atoms with Crippen LogP contribution >= 0.6 is 27.5 Å². The molecule has 2 aliphatic heterocycles. The number of methoxy groups -OCH3 is 2. The molecule has 1 aliphatic carbocycles. The Kier molecular flexibility index (Phi) is 5.48. The number of ether oxygens (including phenoxy) is 3. The zero-order chi connectivity index (χ0) is 24.4. The quantitative estimate of drug-likeness (QED) is 0.566. The van der Waals surface area contributed by atoms with Crippen molar-refractivity contribution in [2.75, 3.05) is 14.2 Å². The molecule has 1 N–H and O–H groups in total. The van der Waals surface area contributed by atoms with E-state index in [2.05, 4.69) is 21.2 Å². The van der Waals surface area contributed by atoms with Gasteiger partial charge >= 0.3 is 0 Å². The van der Waals surface area contributed by atoms with E-state index in [4.69, 9.17) is 25.8 Å². The molecule has 0 saturated carbocycles. The second kappa shape index (κ2) is 8.13. The zero-order valence-electron chi connectivity index (χ0n) is 18.7.